The zero-order valence-electron chi connectivity index (χ0n) is 14.6. The molecule has 1 heterocycles. The van der Waals surface area contributed by atoms with Crippen LogP contribution in [0.5, 0.6) is 5.75 Å². The molecule has 0 unspecified atom stereocenters. The summed E-state index contributed by atoms with van der Waals surface area (Å²) < 4.78 is 10.3. The van der Waals surface area contributed by atoms with Crippen LogP contribution in [0.4, 0.5) is 4.79 Å². The predicted octanol–water partition coefficient (Wildman–Crippen LogP) is 2.02. The fourth-order valence-electron chi connectivity index (χ4n) is 3.14. The Morgan fingerprint density at radius 1 is 1.33 bits per heavy atom. The summed E-state index contributed by atoms with van der Waals surface area (Å²) in [4.78, 5) is 14.3. The summed E-state index contributed by atoms with van der Waals surface area (Å²) in [5, 5.41) is 12.8. The first kappa shape index (κ1) is 18.5. The average Bonchev–Trinajstić information content (AvgIpc) is 2.65. The van der Waals surface area contributed by atoms with Gasteiger partial charge in [-0.1, -0.05) is 12.1 Å². The van der Waals surface area contributed by atoms with Crippen LogP contribution in [-0.4, -0.2) is 56.6 Å². The first-order valence-corrected chi connectivity index (χ1v) is 8.38. The van der Waals surface area contributed by atoms with Crippen LogP contribution < -0.4 is 10.1 Å². The van der Waals surface area contributed by atoms with E-state index in [0.29, 0.717) is 19.7 Å². The molecule has 2 amide bonds. The van der Waals surface area contributed by atoms with Gasteiger partial charge < -0.3 is 24.8 Å². The highest BCUT2D eigenvalue weighted by molar-refractivity contribution is 5.74. The number of benzene rings is 1. The molecular formula is C18H28N2O4. The summed E-state index contributed by atoms with van der Waals surface area (Å²) in [5.41, 5.74) is 0.778. The molecule has 24 heavy (non-hydrogen) atoms. The first-order chi connectivity index (χ1) is 11.6. The molecule has 1 aromatic rings. The minimum absolute atomic E-state index is 0.0820. The number of methoxy groups -OCH3 is 2. The monoisotopic (exact) mass is 336 g/mol. The van der Waals surface area contributed by atoms with Gasteiger partial charge in [0.25, 0.3) is 0 Å². The molecule has 134 valence electrons. The van der Waals surface area contributed by atoms with Gasteiger partial charge >= 0.3 is 6.03 Å². The molecule has 2 N–H and O–H groups in total. The minimum atomic E-state index is -0.244. The summed E-state index contributed by atoms with van der Waals surface area (Å²) in [6, 6.07) is 7.55. The summed E-state index contributed by atoms with van der Waals surface area (Å²) in [6.45, 7) is 2.45. The molecule has 6 nitrogen and oxygen atoms in total. The van der Waals surface area contributed by atoms with Crippen LogP contribution in [-0.2, 0) is 11.3 Å². The van der Waals surface area contributed by atoms with Crippen molar-refractivity contribution >= 4 is 6.03 Å². The van der Waals surface area contributed by atoms with E-state index in [-0.39, 0.29) is 18.1 Å². The molecule has 6 heteroatoms. The Bertz CT molecular complexity index is 520. The summed E-state index contributed by atoms with van der Waals surface area (Å²) >= 11 is 0. The number of aliphatic hydroxyl groups is 1. The lowest BCUT2D eigenvalue weighted by molar-refractivity contribution is 0.0200. The highest BCUT2D eigenvalue weighted by Gasteiger charge is 2.36. The number of ether oxygens (including phenoxy) is 2. The number of amides is 2. The molecule has 1 fully saturated rings. The molecule has 1 saturated heterocycles. The third-order valence-corrected chi connectivity index (χ3v) is 4.72. The maximum atomic E-state index is 12.4. The number of piperidine rings is 1. The van der Waals surface area contributed by atoms with Crippen molar-refractivity contribution in [2.24, 2.45) is 5.41 Å². The van der Waals surface area contributed by atoms with E-state index in [1.165, 1.54) is 0 Å². The second kappa shape index (κ2) is 8.89. The summed E-state index contributed by atoms with van der Waals surface area (Å²) in [7, 11) is 3.29. The van der Waals surface area contributed by atoms with Gasteiger partial charge in [0.05, 0.1) is 13.7 Å². The lowest BCUT2D eigenvalue weighted by atomic mass is 9.78. The van der Waals surface area contributed by atoms with Crippen molar-refractivity contribution in [3.05, 3.63) is 29.8 Å². The summed E-state index contributed by atoms with van der Waals surface area (Å²) in [6.07, 6.45) is 2.59. The van der Waals surface area contributed by atoms with E-state index < -0.39 is 0 Å². The van der Waals surface area contributed by atoms with E-state index in [9.17, 15) is 9.90 Å². The van der Waals surface area contributed by atoms with Crippen molar-refractivity contribution < 1.29 is 19.4 Å². The molecule has 1 atom stereocenters. The molecule has 0 radical (unpaired) electrons. The molecule has 0 spiro atoms. The van der Waals surface area contributed by atoms with Gasteiger partial charge in [0.15, 0.2) is 0 Å². The number of nitrogens with zero attached hydrogens (tertiary/aromatic N) is 1. The Morgan fingerprint density at radius 3 is 2.71 bits per heavy atom. The van der Waals surface area contributed by atoms with Crippen LogP contribution in [0.15, 0.2) is 24.3 Å². The van der Waals surface area contributed by atoms with Gasteiger partial charge in [-0.15, -0.1) is 0 Å². The summed E-state index contributed by atoms with van der Waals surface area (Å²) in [5.74, 6) is 0.798. The van der Waals surface area contributed by atoms with Gasteiger partial charge in [-0.3, -0.25) is 0 Å². The lowest BCUT2D eigenvalue weighted by Gasteiger charge is -2.41. The maximum absolute atomic E-state index is 12.4. The van der Waals surface area contributed by atoms with Crippen LogP contribution in [0.1, 0.15) is 24.8 Å². The van der Waals surface area contributed by atoms with Crippen LogP contribution in [0, 0.1) is 5.41 Å². The van der Waals surface area contributed by atoms with Gasteiger partial charge in [-0.05, 0) is 37.0 Å². The Kier molecular flexibility index (Phi) is 6.87. The van der Waals surface area contributed by atoms with E-state index in [1.807, 2.05) is 24.3 Å². The van der Waals surface area contributed by atoms with Gasteiger partial charge in [-0.25, -0.2) is 4.79 Å². The van der Waals surface area contributed by atoms with Crippen molar-refractivity contribution in [1.29, 1.82) is 0 Å². The van der Waals surface area contributed by atoms with Crippen molar-refractivity contribution in [2.75, 3.05) is 40.5 Å². The van der Waals surface area contributed by atoms with Crippen molar-refractivity contribution in [2.45, 2.75) is 25.8 Å². The SMILES string of the molecule is COCC[C@@]1(CO)CCCN(C(=O)NCc2ccc(OC)cc2)C1. The minimum Gasteiger partial charge on any atom is -0.497 e. The van der Waals surface area contributed by atoms with Gasteiger partial charge in [0.1, 0.15) is 5.75 Å². The lowest BCUT2D eigenvalue weighted by Crippen LogP contribution is -2.51. The maximum Gasteiger partial charge on any atom is 0.317 e. The van der Waals surface area contributed by atoms with E-state index in [1.54, 1.807) is 19.1 Å². The van der Waals surface area contributed by atoms with Crippen LogP contribution >= 0.6 is 0 Å². The number of urea groups is 1. The normalized spacial score (nSPS) is 20.7. The Balaban J connectivity index is 1.88. The van der Waals surface area contributed by atoms with Crippen LogP contribution in [0.2, 0.25) is 0 Å². The van der Waals surface area contributed by atoms with E-state index >= 15 is 0 Å². The number of hydrogen-bond acceptors (Lipinski definition) is 4. The Morgan fingerprint density at radius 2 is 2.08 bits per heavy atom. The topological polar surface area (TPSA) is 71.0 Å². The number of carbonyl (C=O) groups is 1. The zero-order valence-corrected chi connectivity index (χ0v) is 14.6. The number of rotatable bonds is 7. The Hall–Kier alpha value is -1.79. The van der Waals surface area contributed by atoms with E-state index in [4.69, 9.17) is 9.47 Å². The molecule has 1 aliphatic rings. The fourth-order valence-corrected chi connectivity index (χ4v) is 3.14. The molecule has 2 rings (SSSR count). The Labute approximate surface area is 143 Å². The number of carbonyl (C=O) groups excluding carboxylic acids is 1. The van der Waals surface area contributed by atoms with Crippen LogP contribution in [0.3, 0.4) is 0 Å². The highest BCUT2D eigenvalue weighted by atomic mass is 16.5. The van der Waals surface area contributed by atoms with Crippen molar-refractivity contribution in [3.63, 3.8) is 0 Å². The van der Waals surface area contributed by atoms with E-state index in [2.05, 4.69) is 5.32 Å². The number of hydrogen-bond donors (Lipinski definition) is 2. The number of aliphatic hydroxyl groups excluding tert-OH is 1. The molecule has 0 saturated carbocycles. The predicted molar refractivity (Wildman–Crippen MR) is 92.0 cm³/mol. The molecular weight excluding hydrogens is 308 g/mol. The number of nitrogens with one attached hydrogen (secondary N) is 1. The largest absolute Gasteiger partial charge is 0.497 e. The molecule has 1 aromatic carbocycles. The average molecular weight is 336 g/mol. The number of likely N-dealkylation sites (tertiary alicyclic amines) is 1. The molecule has 1 aliphatic heterocycles. The molecule has 0 aromatic heterocycles. The van der Waals surface area contributed by atoms with Gasteiger partial charge in [-0.2, -0.15) is 0 Å². The zero-order chi connectivity index (χ0) is 17.4. The third kappa shape index (κ3) is 4.85. The van der Waals surface area contributed by atoms with Crippen molar-refractivity contribution in [3.8, 4) is 5.75 Å². The van der Waals surface area contributed by atoms with Gasteiger partial charge in [0, 0.05) is 38.8 Å². The molecule has 0 bridgehead atoms. The first-order valence-electron chi connectivity index (χ1n) is 8.38. The smallest absolute Gasteiger partial charge is 0.317 e. The van der Waals surface area contributed by atoms with E-state index in [0.717, 1.165) is 37.1 Å². The van der Waals surface area contributed by atoms with Crippen LogP contribution in [0.25, 0.3) is 0 Å². The van der Waals surface area contributed by atoms with Gasteiger partial charge in [0.2, 0.25) is 0 Å². The molecule has 0 aliphatic carbocycles. The van der Waals surface area contributed by atoms with Crippen molar-refractivity contribution in [1.82, 2.24) is 10.2 Å². The third-order valence-electron chi connectivity index (χ3n) is 4.72. The standard InChI is InChI=1S/C18H28N2O4/c1-23-11-9-18(14-21)8-3-10-20(13-18)17(22)19-12-15-4-6-16(24-2)7-5-15/h4-7,21H,3,8-14H2,1-2H3,(H,19,22)/t18-/m0/s1. The quantitative estimate of drug-likeness (QED) is 0.799. The second-order valence-electron chi connectivity index (χ2n) is 6.43. The second-order valence-corrected chi connectivity index (χ2v) is 6.43. The highest BCUT2D eigenvalue weighted by Crippen LogP contribution is 2.33. The fraction of sp³-hybridized carbons (Fsp3) is 0.611.